The smallest absolute Gasteiger partial charge is 0.186 e. The highest BCUT2D eigenvalue weighted by atomic mass is 35.5. The van der Waals surface area contributed by atoms with E-state index in [0.717, 1.165) is 71.0 Å². The molecule has 0 saturated carbocycles. The molecule has 0 amide bonds. The molecule has 1 aromatic carbocycles. The zero-order chi connectivity index (χ0) is 16.5. The zero-order valence-corrected chi connectivity index (χ0v) is 15.1. The Balaban J connectivity index is 1.45. The zero-order valence-electron chi connectivity index (χ0n) is 13.5. The van der Waals surface area contributed by atoms with Gasteiger partial charge in [-0.1, -0.05) is 28.1 Å². The minimum atomic E-state index is 0.766. The summed E-state index contributed by atoms with van der Waals surface area (Å²) >= 11 is 7.80. The van der Waals surface area contributed by atoms with Crippen molar-refractivity contribution in [2.45, 2.75) is 19.9 Å². The van der Waals surface area contributed by atoms with E-state index < -0.39 is 0 Å². The van der Waals surface area contributed by atoms with Gasteiger partial charge in [0.05, 0.1) is 22.5 Å². The standard InChI is InChI=1S/C17H19ClN4OS/c1-12-9-14(23-20-12)11-21-5-2-6-22(8-7-21)17-19-15-4-3-13(18)10-16(15)24-17/h3-4,9-10H,2,5-8,11H2,1H3. The molecule has 0 radical (unpaired) electrons. The van der Waals surface area contributed by atoms with E-state index in [1.54, 1.807) is 11.3 Å². The van der Waals surface area contributed by atoms with E-state index in [0.29, 0.717) is 0 Å². The van der Waals surface area contributed by atoms with Gasteiger partial charge in [-0.05, 0) is 31.5 Å². The maximum absolute atomic E-state index is 6.08. The lowest BCUT2D eigenvalue weighted by Gasteiger charge is -2.20. The maximum Gasteiger partial charge on any atom is 0.186 e. The summed E-state index contributed by atoms with van der Waals surface area (Å²) in [6.07, 6.45) is 1.11. The van der Waals surface area contributed by atoms with Crippen LogP contribution in [0.1, 0.15) is 17.9 Å². The van der Waals surface area contributed by atoms with Gasteiger partial charge in [0, 0.05) is 37.3 Å². The molecule has 4 rings (SSSR count). The molecule has 1 aliphatic heterocycles. The number of anilines is 1. The van der Waals surface area contributed by atoms with Crippen LogP contribution in [0, 0.1) is 6.92 Å². The Bertz CT molecular complexity index is 846. The third-order valence-corrected chi connectivity index (χ3v) is 5.57. The van der Waals surface area contributed by atoms with Crippen molar-refractivity contribution < 1.29 is 4.52 Å². The molecule has 3 heterocycles. The topological polar surface area (TPSA) is 45.4 Å². The minimum absolute atomic E-state index is 0.766. The van der Waals surface area contributed by atoms with E-state index in [-0.39, 0.29) is 0 Å². The van der Waals surface area contributed by atoms with Gasteiger partial charge in [0.1, 0.15) is 0 Å². The summed E-state index contributed by atoms with van der Waals surface area (Å²) in [4.78, 5) is 9.57. The number of benzene rings is 1. The summed E-state index contributed by atoms with van der Waals surface area (Å²) in [6, 6.07) is 7.90. The van der Waals surface area contributed by atoms with Crippen molar-refractivity contribution in [3.8, 4) is 0 Å². The Labute approximate surface area is 149 Å². The van der Waals surface area contributed by atoms with Crippen LogP contribution in [0.4, 0.5) is 5.13 Å². The van der Waals surface area contributed by atoms with Gasteiger partial charge in [0.2, 0.25) is 0 Å². The number of aryl methyl sites for hydroxylation is 1. The molecule has 5 nitrogen and oxygen atoms in total. The second kappa shape index (κ2) is 6.70. The summed E-state index contributed by atoms with van der Waals surface area (Å²) < 4.78 is 6.49. The number of fused-ring (bicyclic) bond motifs is 1. The van der Waals surface area contributed by atoms with Crippen molar-refractivity contribution in [1.29, 1.82) is 0 Å². The molecule has 2 aromatic heterocycles. The lowest BCUT2D eigenvalue weighted by molar-refractivity contribution is 0.244. The van der Waals surface area contributed by atoms with Crippen molar-refractivity contribution >= 4 is 38.3 Å². The number of halogens is 1. The first-order valence-corrected chi connectivity index (χ1v) is 9.32. The Kier molecular flexibility index (Phi) is 4.43. The number of thiazole rings is 1. The largest absolute Gasteiger partial charge is 0.360 e. The average molecular weight is 363 g/mol. The molecule has 1 aliphatic rings. The van der Waals surface area contributed by atoms with Crippen LogP contribution in [-0.2, 0) is 6.54 Å². The highest BCUT2D eigenvalue weighted by molar-refractivity contribution is 7.22. The highest BCUT2D eigenvalue weighted by Gasteiger charge is 2.19. The average Bonchev–Trinajstić information content (AvgIpc) is 3.08. The highest BCUT2D eigenvalue weighted by Crippen LogP contribution is 2.31. The van der Waals surface area contributed by atoms with Crippen LogP contribution in [0.5, 0.6) is 0 Å². The van der Waals surface area contributed by atoms with E-state index >= 15 is 0 Å². The quantitative estimate of drug-likeness (QED) is 0.705. The fourth-order valence-electron chi connectivity index (χ4n) is 3.05. The van der Waals surface area contributed by atoms with Crippen molar-refractivity contribution in [2.75, 3.05) is 31.1 Å². The molecule has 0 bridgehead atoms. The van der Waals surface area contributed by atoms with Crippen LogP contribution < -0.4 is 4.90 Å². The SMILES string of the molecule is Cc1cc(CN2CCCN(c3nc4ccc(Cl)cc4s3)CC2)on1. The summed E-state index contributed by atoms with van der Waals surface area (Å²) in [5, 5.41) is 5.82. The summed E-state index contributed by atoms with van der Waals surface area (Å²) in [6.45, 7) is 6.84. The molecule has 0 aliphatic carbocycles. The molecule has 3 aromatic rings. The van der Waals surface area contributed by atoms with Crippen LogP contribution in [0.15, 0.2) is 28.8 Å². The lowest BCUT2D eigenvalue weighted by Crippen LogP contribution is -2.30. The lowest BCUT2D eigenvalue weighted by atomic mass is 10.3. The van der Waals surface area contributed by atoms with Gasteiger partial charge in [0.15, 0.2) is 10.9 Å². The van der Waals surface area contributed by atoms with Crippen molar-refractivity contribution in [2.24, 2.45) is 0 Å². The third kappa shape index (κ3) is 3.41. The molecule has 1 saturated heterocycles. The molecule has 0 unspecified atom stereocenters. The van der Waals surface area contributed by atoms with Crippen LogP contribution in [0.2, 0.25) is 5.02 Å². The number of rotatable bonds is 3. The van der Waals surface area contributed by atoms with Gasteiger partial charge < -0.3 is 9.42 Å². The normalized spacial score (nSPS) is 16.7. The molecule has 126 valence electrons. The minimum Gasteiger partial charge on any atom is -0.360 e. The van der Waals surface area contributed by atoms with E-state index in [1.807, 2.05) is 31.2 Å². The summed E-state index contributed by atoms with van der Waals surface area (Å²) in [5.41, 5.74) is 1.97. The number of hydrogen-bond donors (Lipinski definition) is 0. The van der Waals surface area contributed by atoms with Gasteiger partial charge in [0.25, 0.3) is 0 Å². The second-order valence-electron chi connectivity index (χ2n) is 6.16. The van der Waals surface area contributed by atoms with Gasteiger partial charge >= 0.3 is 0 Å². The Morgan fingerprint density at radius 2 is 2.12 bits per heavy atom. The predicted octanol–water partition coefficient (Wildman–Crippen LogP) is 3.96. The van der Waals surface area contributed by atoms with E-state index in [4.69, 9.17) is 21.1 Å². The van der Waals surface area contributed by atoms with Crippen molar-refractivity contribution in [1.82, 2.24) is 15.0 Å². The fourth-order valence-corrected chi connectivity index (χ4v) is 4.35. The van der Waals surface area contributed by atoms with E-state index in [1.165, 1.54) is 0 Å². The van der Waals surface area contributed by atoms with Crippen molar-refractivity contribution in [3.63, 3.8) is 0 Å². The molecular weight excluding hydrogens is 344 g/mol. The van der Waals surface area contributed by atoms with Gasteiger partial charge in [-0.2, -0.15) is 0 Å². The second-order valence-corrected chi connectivity index (χ2v) is 7.61. The molecule has 0 N–H and O–H groups in total. The molecular formula is C17H19ClN4OS. The molecule has 7 heteroatoms. The Morgan fingerprint density at radius 1 is 1.21 bits per heavy atom. The fraction of sp³-hybridized carbons (Fsp3) is 0.412. The molecule has 24 heavy (non-hydrogen) atoms. The van der Waals surface area contributed by atoms with Crippen LogP contribution in [-0.4, -0.2) is 41.2 Å². The van der Waals surface area contributed by atoms with Crippen molar-refractivity contribution in [3.05, 3.63) is 40.7 Å². The number of nitrogens with zero attached hydrogens (tertiary/aromatic N) is 4. The first-order chi connectivity index (χ1) is 11.7. The summed E-state index contributed by atoms with van der Waals surface area (Å²) in [5.74, 6) is 0.940. The van der Waals surface area contributed by atoms with E-state index in [9.17, 15) is 0 Å². The van der Waals surface area contributed by atoms with Gasteiger partial charge in [-0.3, -0.25) is 4.90 Å². The predicted molar refractivity (Wildman–Crippen MR) is 98.0 cm³/mol. The van der Waals surface area contributed by atoms with Gasteiger partial charge in [-0.25, -0.2) is 4.98 Å². The monoisotopic (exact) mass is 362 g/mol. The van der Waals surface area contributed by atoms with Crippen LogP contribution in [0.3, 0.4) is 0 Å². The Hall–Kier alpha value is -1.63. The molecule has 1 fully saturated rings. The molecule has 0 atom stereocenters. The van der Waals surface area contributed by atoms with E-state index in [2.05, 4.69) is 15.0 Å². The summed E-state index contributed by atoms with van der Waals surface area (Å²) in [7, 11) is 0. The Morgan fingerprint density at radius 3 is 2.96 bits per heavy atom. The van der Waals surface area contributed by atoms with Crippen LogP contribution in [0.25, 0.3) is 10.2 Å². The number of aromatic nitrogens is 2. The first kappa shape index (κ1) is 15.9. The molecule has 0 spiro atoms. The maximum atomic E-state index is 6.08. The first-order valence-electron chi connectivity index (χ1n) is 8.13. The third-order valence-electron chi connectivity index (χ3n) is 4.25. The van der Waals surface area contributed by atoms with Gasteiger partial charge in [-0.15, -0.1) is 0 Å². The number of hydrogen-bond acceptors (Lipinski definition) is 6. The van der Waals surface area contributed by atoms with Crippen LogP contribution >= 0.6 is 22.9 Å².